The normalized spacial score (nSPS) is 13.1. The lowest BCUT2D eigenvalue weighted by atomic mass is 10.0. The number of anilines is 3. The second kappa shape index (κ2) is 10.9. The molecular weight excluding hydrogens is 611 g/mol. The van der Waals surface area contributed by atoms with Gasteiger partial charge in [0.2, 0.25) is 0 Å². The fourth-order valence-electron chi connectivity index (χ4n) is 8.33. The average molecular weight is 642 g/mol. The number of para-hydroxylation sites is 1. The van der Waals surface area contributed by atoms with Crippen molar-refractivity contribution < 1.29 is 4.42 Å². The molecule has 0 unspecified atom stereocenters. The van der Waals surface area contributed by atoms with Gasteiger partial charge in [0.25, 0.3) is 0 Å². The molecule has 0 spiro atoms. The van der Waals surface area contributed by atoms with Gasteiger partial charge in [-0.05, 0) is 62.0 Å². The largest absolute Gasteiger partial charge is 0.456 e. The van der Waals surface area contributed by atoms with Crippen LogP contribution in [0.25, 0.3) is 43.8 Å². The second-order valence-electron chi connectivity index (χ2n) is 12.8. The molecule has 9 aromatic rings. The van der Waals surface area contributed by atoms with Crippen molar-refractivity contribution in [3.8, 4) is 11.1 Å². The van der Waals surface area contributed by atoms with Crippen LogP contribution in [0.15, 0.2) is 192 Å². The van der Waals surface area contributed by atoms with Crippen molar-refractivity contribution >= 4 is 78.6 Å². The van der Waals surface area contributed by atoms with Crippen molar-refractivity contribution in [2.24, 2.45) is 0 Å². The maximum Gasteiger partial charge on any atom is 0.180 e. The van der Waals surface area contributed by atoms with E-state index in [1.54, 1.807) is 0 Å². The molecule has 2 nitrogen and oxygen atoms in total. The van der Waals surface area contributed by atoms with Gasteiger partial charge < -0.3 is 9.32 Å². The van der Waals surface area contributed by atoms with E-state index in [9.17, 15) is 0 Å². The molecule has 230 valence electrons. The zero-order chi connectivity index (χ0) is 32.4. The van der Waals surface area contributed by atoms with E-state index in [0.29, 0.717) is 0 Å². The lowest BCUT2D eigenvalue weighted by Crippen LogP contribution is -2.72. The van der Waals surface area contributed by atoms with Gasteiger partial charge in [0.15, 0.2) is 8.07 Å². The molecule has 1 aliphatic heterocycles. The number of benzene rings is 8. The van der Waals surface area contributed by atoms with Crippen LogP contribution < -0.4 is 25.6 Å². The van der Waals surface area contributed by atoms with E-state index < -0.39 is 8.07 Å². The van der Waals surface area contributed by atoms with E-state index >= 15 is 0 Å². The van der Waals surface area contributed by atoms with Crippen LogP contribution in [0, 0.1) is 0 Å². The molecule has 0 saturated heterocycles. The highest BCUT2D eigenvalue weighted by atomic mass is 28.3. The predicted octanol–water partition coefficient (Wildman–Crippen LogP) is 9.57. The Bertz CT molecular complexity index is 2630. The minimum atomic E-state index is -2.67. The lowest BCUT2D eigenvalue weighted by molar-refractivity contribution is 0.669. The SMILES string of the molecule is c1ccc([Si]2(c3ccccc3)c3ccccc3-c3c(N(c4ccc5c(c4)oc4ccccc45)c4cccc5ccccc45)cccc32)cc1. The standard InChI is InChI=1S/C46H31NOSi/c1-3-17-34(18-4-1)49(35-19-5-2-6-20-35)44-27-12-10-23-39(44)46-41(25-14-28-45(46)49)47(40-24-13-16-32-15-7-8-21-36(32)40)33-29-30-38-37-22-9-11-26-42(37)48-43(38)31-33/h1-31H. The van der Waals surface area contributed by atoms with E-state index in [2.05, 4.69) is 187 Å². The summed E-state index contributed by atoms with van der Waals surface area (Å²) < 4.78 is 6.48. The zero-order valence-corrected chi connectivity index (χ0v) is 27.8. The third-order valence-electron chi connectivity index (χ3n) is 10.3. The summed E-state index contributed by atoms with van der Waals surface area (Å²) in [6, 6.07) is 68.9. The Labute approximate surface area is 286 Å². The van der Waals surface area contributed by atoms with Crippen LogP contribution in [0.5, 0.6) is 0 Å². The van der Waals surface area contributed by atoms with E-state index in [1.807, 2.05) is 6.07 Å². The molecule has 0 aliphatic carbocycles. The summed E-state index contributed by atoms with van der Waals surface area (Å²) in [5.74, 6) is 0. The quantitative estimate of drug-likeness (QED) is 0.174. The molecule has 0 saturated carbocycles. The topological polar surface area (TPSA) is 16.4 Å². The van der Waals surface area contributed by atoms with Gasteiger partial charge in [-0.25, -0.2) is 0 Å². The highest BCUT2D eigenvalue weighted by Gasteiger charge is 2.49. The highest BCUT2D eigenvalue weighted by molar-refractivity contribution is 7.22. The maximum absolute atomic E-state index is 6.48. The molecular formula is C46H31NOSi. The van der Waals surface area contributed by atoms with Gasteiger partial charge in [0.05, 0.1) is 11.4 Å². The molecule has 1 aromatic heterocycles. The van der Waals surface area contributed by atoms with Crippen LogP contribution in [0.2, 0.25) is 0 Å². The Morgan fingerprint density at radius 1 is 0.408 bits per heavy atom. The van der Waals surface area contributed by atoms with E-state index in [-0.39, 0.29) is 0 Å². The Morgan fingerprint density at radius 3 is 1.82 bits per heavy atom. The summed E-state index contributed by atoms with van der Waals surface area (Å²) in [5, 5.41) is 10.3. The summed E-state index contributed by atoms with van der Waals surface area (Å²) >= 11 is 0. The monoisotopic (exact) mass is 641 g/mol. The molecule has 10 rings (SSSR count). The number of rotatable bonds is 5. The van der Waals surface area contributed by atoms with Crippen LogP contribution in [0.1, 0.15) is 0 Å². The smallest absolute Gasteiger partial charge is 0.180 e. The third-order valence-corrected chi connectivity index (χ3v) is 15.2. The van der Waals surface area contributed by atoms with Gasteiger partial charge in [0.1, 0.15) is 11.2 Å². The Balaban J connectivity index is 1.32. The molecule has 8 aromatic carbocycles. The average Bonchev–Trinajstić information content (AvgIpc) is 3.70. The molecule has 0 radical (unpaired) electrons. The van der Waals surface area contributed by atoms with Crippen LogP contribution in [-0.2, 0) is 0 Å². The summed E-state index contributed by atoms with van der Waals surface area (Å²) in [4.78, 5) is 2.46. The van der Waals surface area contributed by atoms with Gasteiger partial charge in [0, 0.05) is 33.5 Å². The van der Waals surface area contributed by atoms with Gasteiger partial charge in [-0.15, -0.1) is 0 Å². The summed E-state index contributed by atoms with van der Waals surface area (Å²) in [6.07, 6.45) is 0. The van der Waals surface area contributed by atoms with Gasteiger partial charge in [-0.1, -0.05) is 152 Å². The number of nitrogens with zero attached hydrogens (tertiary/aromatic N) is 1. The van der Waals surface area contributed by atoms with Crippen molar-refractivity contribution in [3.63, 3.8) is 0 Å². The molecule has 1 aliphatic rings. The first kappa shape index (κ1) is 27.9. The Morgan fingerprint density at radius 2 is 1.00 bits per heavy atom. The number of hydrogen-bond acceptors (Lipinski definition) is 2. The van der Waals surface area contributed by atoms with Crippen molar-refractivity contribution in [1.29, 1.82) is 0 Å². The van der Waals surface area contributed by atoms with Crippen LogP contribution in [0.3, 0.4) is 0 Å². The van der Waals surface area contributed by atoms with Gasteiger partial charge in [-0.3, -0.25) is 0 Å². The summed E-state index contributed by atoms with van der Waals surface area (Å²) in [6.45, 7) is 0. The van der Waals surface area contributed by atoms with Crippen LogP contribution >= 0.6 is 0 Å². The van der Waals surface area contributed by atoms with E-state index in [1.165, 1.54) is 42.6 Å². The fraction of sp³-hybridized carbons (Fsp3) is 0. The van der Waals surface area contributed by atoms with Gasteiger partial charge in [-0.2, -0.15) is 0 Å². The van der Waals surface area contributed by atoms with Crippen molar-refractivity contribution in [2.45, 2.75) is 0 Å². The molecule has 0 fully saturated rings. The fourth-order valence-corrected chi connectivity index (χ4v) is 13.5. The first-order valence-corrected chi connectivity index (χ1v) is 18.9. The van der Waals surface area contributed by atoms with E-state index in [4.69, 9.17) is 4.42 Å². The van der Waals surface area contributed by atoms with E-state index in [0.717, 1.165) is 39.0 Å². The van der Waals surface area contributed by atoms with Crippen molar-refractivity contribution in [2.75, 3.05) is 4.90 Å². The highest BCUT2D eigenvalue weighted by Crippen LogP contribution is 2.46. The first-order valence-electron chi connectivity index (χ1n) is 16.9. The molecule has 0 amide bonds. The molecule has 2 heterocycles. The number of hydrogen-bond donors (Lipinski definition) is 0. The number of furan rings is 1. The van der Waals surface area contributed by atoms with Crippen LogP contribution in [0.4, 0.5) is 17.1 Å². The zero-order valence-electron chi connectivity index (χ0n) is 26.8. The molecule has 0 bridgehead atoms. The molecule has 3 heteroatoms. The molecule has 0 atom stereocenters. The Kier molecular flexibility index (Phi) is 6.23. The first-order chi connectivity index (χ1) is 24.3. The van der Waals surface area contributed by atoms with Crippen LogP contribution in [-0.4, -0.2) is 8.07 Å². The predicted molar refractivity (Wildman–Crippen MR) is 209 cm³/mol. The van der Waals surface area contributed by atoms with Crippen molar-refractivity contribution in [3.05, 3.63) is 188 Å². The van der Waals surface area contributed by atoms with Crippen molar-refractivity contribution in [1.82, 2.24) is 0 Å². The third kappa shape index (κ3) is 4.06. The van der Waals surface area contributed by atoms with Gasteiger partial charge >= 0.3 is 0 Å². The summed E-state index contributed by atoms with van der Waals surface area (Å²) in [5.41, 5.74) is 7.76. The molecule has 49 heavy (non-hydrogen) atoms. The maximum atomic E-state index is 6.48. The lowest BCUT2D eigenvalue weighted by Gasteiger charge is -2.32. The second-order valence-corrected chi connectivity index (χ2v) is 16.6. The molecule has 0 N–H and O–H groups in total. The summed E-state index contributed by atoms with van der Waals surface area (Å²) in [7, 11) is -2.67. The minimum Gasteiger partial charge on any atom is -0.456 e. The number of fused-ring (bicyclic) bond motifs is 7. The minimum absolute atomic E-state index is 0.884. The Hall–Kier alpha value is -6.16.